The molecule has 5 rings (SSSR count). The normalized spacial score (nSPS) is 18.9. The molecule has 2 aliphatic rings. The van der Waals surface area contributed by atoms with E-state index in [2.05, 4.69) is 10.2 Å². The molecular weight excluding hydrogens is 536 g/mol. The number of ether oxygens (including phenoxy) is 3. The van der Waals surface area contributed by atoms with Gasteiger partial charge in [-0.05, 0) is 56.4 Å². The molecule has 40 heavy (non-hydrogen) atoms. The number of carboxylic acids is 1. The fourth-order valence-corrected chi connectivity index (χ4v) is 5.91. The number of hydrogen-bond acceptors (Lipinski definition) is 7. The van der Waals surface area contributed by atoms with Gasteiger partial charge in [0.05, 0.1) is 19.9 Å². The van der Waals surface area contributed by atoms with Gasteiger partial charge in [0.1, 0.15) is 18.0 Å². The highest BCUT2D eigenvalue weighted by Gasteiger charge is 2.36. The predicted octanol–water partition coefficient (Wildman–Crippen LogP) is 4.90. The van der Waals surface area contributed by atoms with E-state index >= 15 is 0 Å². The molecule has 0 saturated carbocycles. The van der Waals surface area contributed by atoms with E-state index in [1.54, 1.807) is 14.2 Å². The van der Waals surface area contributed by atoms with E-state index in [1.165, 1.54) is 0 Å². The number of amides is 1. The zero-order chi connectivity index (χ0) is 28.4. The Labute approximate surface area is 237 Å². The van der Waals surface area contributed by atoms with Crippen LogP contribution in [0.4, 0.5) is 0 Å². The average molecular weight is 569 g/mol. The van der Waals surface area contributed by atoms with Crippen LogP contribution in [0.15, 0.2) is 36.4 Å². The minimum atomic E-state index is -0.792. The van der Waals surface area contributed by atoms with Crippen LogP contribution in [-0.2, 0) is 14.3 Å². The molecule has 2 aliphatic heterocycles. The third-order valence-electron chi connectivity index (χ3n) is 7.72. The maximum absolute atomic E-state index is 13.2. The fraction of sp³-hybridized carbons (Fsp3) is 0.448. The topological polar surface area (TPSA) is 116 Å². The monoisotopic (exact) mass is 568 g/mol. The number of carbonyl (C=O) groups is 2. The van der Waals surface area contributed by atoms with Crippen LogP contribution < -0.4 is 9.47 Å². The van der Waals surface area contributed by atoms with E-state index < -0.39 is 18.2 Å². The molecule has 0 aliphatic carbocycles. The van der Waals surface area contributed by atoms with Gasteiger partial charge in [0.25, 0.3) is 0 Å². The summed E-state index contributed by atoms with van der Waals surface area (Å²) < 4.78 is 20.1. The van der Waals surface area contributed by atoms with Gasteiger partial charge in [-0.2, -0.15) is 0 Å². The van der Waals surface area contributed by atoms with Gasteiger partial charge in [-0.15, -0.1) is 10.2 Å². The van der Waals surface area contributed by atoms with Crippen LogP contribution >= 0.6 is 11.6 Å². The SMILES string of the molecule is COc1cccc(C2OC(CCC(=O)N3CCC(CC(=O)O)CC3)c3nnc(C)n3-c3ccc(Cl)cc32)c1OC. The number of methoxy groups -OCH3 is 2. The Morgan fingerprint density at radius 1 is 1.10 bits per heavy atom. The van der Waals surface area contributed by atoms with E-state index in [9.17, 15) is 9.59 Å². The smallest absolute Gasteiger partial charge is 0.303 e. The van der Waals surface area contributed by atoms with Crippen molar-refractivity contribution in [2.75, 3.05) is 27.3 Å². The van der Waals surface area contributed by atoms with E-state index in [0.717, 1.165) is 16.8 Å². The molecule has 0 spiro atoms. The van der Waals surface area contributed by atoms with Crippen molar-refractivity contribution in [1.29, 1.82) is 0 Å². The summed E-state index contributed by atoms with van der Waals surface area (Å²) in [6.07, 6.45) is 1.02. The Bertz CT molecular complexity index is 1400. The second-order valence-corrected chi connectivity index (χ2v) is 10.6. The average Bonchev–Trinajstić information content (AvgIpc) is 3.27. The summed E-state index contributed by atoms with van der Waals surface area (Å²) in [5.74, 6) is 1.76. The number of benzene rings is 2. The molecule has 10 nitrogen and oxygen atoms in total. The number of nitrogens with zero attached hydrogens (tertiary/aromatic N) is 4. The first-order chi connectivity index (χ1) is 19.3. The molecule has 1 fully saturated rings. The Morgan fingerprint density at radius 3 is 2.58 bits per heavy atom. The number of aliphatic carboxylic acids is 1. The molecule has 1 saturated heterocycles. The number of aryl methyl sites for hydroxylation is 1. The van der Waals surface area contributed by atoms with Crippen molar-refractivity contribution in [3.8, 4) is 17.2 Å². The van der Waals surface area contributed by atoms with E-state index in [4.69, 9.17) is 30.9 Å². The van der Waals surface area contributed by atoms with Crippen molar-refractivity contribution in [2.24, 2.45) is 5.92 Å². The molecule has 0 radical (unpaired) electrons. The van der Waals surface area contributed by atoms with Crippen LogP contribution in [0, 0.1) is 12.8 Å². The molecule has 2 unspecified atom stereocenters. The fourth-order valence-electron chi connectivity index (χ4n) is 5.72. The summed E-state index contributed by atoms with van der Waals surface area (Å²) in [5.41, 5.74) is 2.42. The summed E-state index contributed by atoms with van der Waals surface area (Å²) in [7, 11) is 3.18. The maximum Gasteiger partial charge on any atom is 0.303 e. The van der Waals surface area contributed by atoms with Crippen molar-refractivity contribution in [3.05, 3.63) is 64.2 Å². The van der Waals surface area contributed by atoms with Crippen molar-refractivity contribution in [1.82, 2.24) is 19.7 Å². The van der Waals surface area contributed by atoms with Gasteiger partial charge in [-0.25, -0.2) is 0 Å². The lowest BCUT2D eigenvalue weighted by atomic mass is 9.93. The second-order valence-electron chi connectivity index (χ2n) is 10.2. The summed E-state index contributed by atoms with van der Waals surface area (Å²) in [5, 5.41) is 18.4. The van der Waals surface area contributed by atoms with Gasteiger partial charge < -0.3 is 24.2 Å². The molecule has 3 heterocycles. The molecule has 212 valence electrons. The Balaban J connectivity index is 1.46. The molecular formula is C29H33ClN4O6. The van der Waals surface area contributed by atoms with Gasteiger partial charge in [-0.1, -0.05) is 23.7 Å². The zero-order valence-corrected chi connectivity index (χ0v) is 23.6. The first-order valence-corrected chi connectivity index (χ1v) is 13.8. The zero-order valence-electron chi connectivity index (χ0n) is 22.8. The predicted molar refractivity (Wildman–Crippen MR) is 147 cm³/mol. The van der Waals surface area contributed by atoms with Crippen LogP contribution in [0.5, 0.6) is 11.5 Å². The molecule has 1 N–H and O–H groups in total. The summed E-state index contributed by atoms with van der Waals surface area (Å²) in [6, 6.07) is 11.3. The summed E-state index contributed by atoms with van der Waals surface area (Å²) in [4.78, 5) is 26.1. The number of carbonyl (C=O) groups excluding carboxylic acids is 1. The number of aromatic nitrogens is 3. The van der Waals surface area contributed by atoms with E-state index in [0.29, 0.717) is 60.5 Å². The number of para-hydroxylation sites is 1. The quantitative estimate of drug-likeness (QED) is 0.408. The Morgan fingerprint density at radius 2 is 1.88 bits per heavy atom. The summed E-state index contributed by atoms with van der Waals surface area (Å²) >= 11 is 6.48. The largest absolute Gasteiger partial charge is 0.493 e. The first-order valence-electron chi connectivity index (χ1n) is 13.4. The maximum atomic E-state index is 13.2. The molecule has 11 heteroatoms. The highest BCUT2D eigenvalue weighted by Crippen LogP contribution is 2.46. The lowest BCUT2D eigenvalue weighted by Crippen LogP contribution is -2.39. The lowest BCUT2D eigenvalue weighted by molar-refractivity contribution is -0.138. The molecule has 1 amide bonds. The van der Waals surface area contributed by atoms with Crippen molar-refractivity contribution >= 4 is 23.5 Å². The van der Waals surface area contributed by atoms with Gasteiger partial charge in [0, 0.05) is 42.1 Å². The molecule has 0 bridgehead atoms. The number of piperidine rings is 1. The van der Waals surface area contributed by atoms with Crippen molar-refractivity contribution < 1.29 is 28.9 Å². The van der Waals surface area contributed by atoms with Crippen LogP contribution in [0.2, 0.25) is 5.02 Å². The Hall–Kier alpha value is -3.63. The minimum absolute atomic E-state index is 0.0143. The minimum Gasteiger partial charge on any atom is -0.493 e. The number of fused-ring (bicyclic) bond motifs is 3. The number of hydrogen-bond donors (Lipinski definition) is 1. The van der Waals surface area contributed by atoms with Crippen LogP contribution in [-0.4, -0.2) is 64.0 Å². The number of carboxylic acid groups (broad SMARTS) is 1. The molecule has 3 aromatic rings. The van der Waals surface area contributed by atoms with Crippen LogP contribution in [0.25, 0.3) is 5.69 Å². The van der Waals surface area contributed by atoms with Crippen molar-refractivity contribution in [2.45, 2.75) is 51.2 Å². The standard InChI is InChI=1S/C29H33ClN4O6/c1-17-31-32-29-24(9-10-25(35)33-13-11-18(12-14-33)15-26(36)37)40-27(20-5-4-6-23(38-2)28(20)39-3)21-16-19(30)7-8-22(21)34(17)29/h4-8,16,18,24,27H,9-15H2,1-3H3,(H,36,37). The highest BCUT2D eigenvalue weighted by atomic mass is 35.5. The van der Waals surface area contributed by atoms with Gasteiger partial charge in [-0.3, -0.25) is 14.2 Å². The number of halogens is 1. The molecule has 2 aromatic carbocycles. The first kappa shape index (κ1) is 27.9. The third kappa shape index (κ3) is 5.51. The number of rotatable bonds is 8. The van der Waals surface area contributed by atoms with Crippen molar-refractivity contribution in [3.63, 3.8) is 0 Å². The van der Waals surface area contributed by atoms with Gasteiger partial charge in [0.2, 0.25) is 5.91 Å². The van der Waals surface area contributed by atoms with Crippen LogP contribution in [0.1, 0.15) is 67.1 Å². The third-order valence-corrected chi connectivity index (χ3v) is 7.95. The van der Waals surface area contributed by atoms with E-state index in [1.807, 2.05) is 52.8 Å². The lowest BCUT2D eigenvalue weighted by Gasteiger charge is -2.32. The molecule has 1 aromatic heterocycles. The summed E-state index contributed by atoms with van der Waals surface area (Å²) in [6.45, 7) is 3.00. The number of likely N-dealkylation sites (tertiary alicyclic amines) is 1. The Kier molecular flexibility index (Phi) is 8.27. The van der Waals surface area contributed by atoms with Gasteiger partial charge >= 0.3 is 5.97 Å². The molecule has 2 atom stereocenters. The van der Waals surface area contributed by atoms with E-state index in [-0.39, 0.29) is 24.7 Å². The van der Waals surface area contributed by atoms with Crippen LogP contribution in [0.3, 0.4) is 0 Å². The second kappa shape index (κ2) is 11.9. The van der Waals surface area contributed by atoms with Gasteiger partial charge in [0.15, 0.2) is 17.3 Å². The highest BCUT2D eigenvalue weighted by molar-refractivity contribution is 6.30.